The molecule has 2 rings (SSSR count). The average Bonchev–Trinajstić information content (AvgIpc) is 2.66. The van der Waals surface area contributed by atoms with Gasteiger partial charge in [0.25, 0.3) is 0 Å². The molecule has 0 bridgehead atoms. The maximum Gasteiger partial charge on any atom is 0.329 e. The van der Waals surface area contributed by atoms with Crippen molar-refractivity contribution >= 4 is 29.4 Å². The lowest BCUT2D eigenvalue weighted by Crippen LogP contribution is -2.32. The molecule has 2 aromatic carbocycles. The van der Waals surface area contributed by atoms with Crippen LogP contribution in [0.4, 0.5) is 11.4 Å². The second kappa shape index (κ2) is 8.62. The minimum absolute atomic E-state index is 0.130. The van der Waals surface area contributed by atoms with Crippen molar-refractivity contribution in [3.8, 4) is 11.5 Å². The van der Waals surface area contributed by atoms with Crippen LogP contribution >= 0.6 is 0 Å². The number of rotatable bonds is 5. The summed E-state index contributed by atoms with van der Waals surface area (Å²) in [4.78, 5) is 34.0. The Morgan fingerprint density at radius 2 is 1.96 bits per heavy atom. The highest BCUT2D eigenvalue weighted by molar-refractivity contribution is 6.39. The number of carbonyl (C=O) groups excluding carboxylic acids is 2. The number of benzene rings is 2. The fourth-order valence-electron chi connectivity index (χ4n) is 2.26. The van der Waals surface area contributed by atoms with Gasteiger partial charge >= 0.3 is 17.5 Å². The van der Waals surface area contributed by atoms with Crippen LogP contribution in [0.25, 0.3) is 0 Å². The number of phenolic OH excluding ortho intramolecular Hbond substituents is 1. The number of amides is 2. The first-order valence-corrected chi connectivity index (χ1v) is 8.00. The van der Waals surface area contributed by atoms with Gasteiger partial charge in [-0.2, -0.15) is 5.10 Å². The molecule has 0 fully saturated rings. The van der Waals surface area contributed by atoms with Crippen molar-refractivity contribution in [2.24, 2.45) is 5.10 Å². The number of hydrazone groups is 1. The van der Waals surface area contributed by atoms with Gasteiger partial charge in [-0.25, -0.2) is 5.43 Å². The van der Waals surface area contributed by atoms with Crippen LogP contribution in [0.15, 0.2) is 35.4 Å². The fraction of sp³-hybridized carbons (Fsp3) is 0.167. The Labute approximate surface area is 160 Å². The van der Waals surface area contributed by atoms with Crippen molar-refractivity contribution in [2.75, 3.05) is 12.4 Å². The molecule has 0 aliphatic carbocycles. The zero-order valence-corrected chi connectivity index (χ0v) is 15.3. The molecular formula is C18H18N4O6. The first-order chi connectivity index (χ1) is 13.2. The highest BCUT2D eigenvalue weighted by Crippen LogP contribution is 2.36. The second-order valence-corrected chi connectivity index (χ2v) is 5.75. The summed E-state index contributed by atoms with van der Waals surface area (Å²) >= 11 is 0. The van der Waals surface area contributed by atoms with E-state index in [0.29, 0.717) is 5.69 Å². The quantitative estimate of drug-likeness (QED) is 0.310. The molecule has 2 aromatic rings. The summed E-state index contributed by atoms with van der Waals surface area (Å²) in [6.07, 6.45) is 1.08. The van der Waals surface area contributed by atoms with Crippen molar-refractivity contribution in [3.05, 3.63) is 57.1 Å². The molecule has 0 aliphatic rings. The van der Waals surface area contributed by atoms with Crippen molar-refractivity contribution in [1.29, 1.82) is 0 Å². The highest BCUT2D eigenvalue weighted by Gasteiger charge is 2.19. The van der Waals surface area contributed by atoms with Gasteiger partial charge in [0, 0.05) is 17.3 Å². The van der Waals surface area contributed by atoms with E-state index in [2.05, 4.69) is 10.4 Å². The lowest BCUT2D eigenvalue weighted by Gasteiger charge is -2.09. The molecule has 0 radical (unpaired) electrons. The predicted molar refractivity (Wildman–Crippen MR) is 102 cm³/mol. The summed E-state index contributed by atoms with van der Waals surface area (Å²) < 4.78 is 4.86. The van der Waals surface area contributed by atoms with Gasteiger partial charge in [0.2, 0.25) is 5.75 Å². The maximum absolute atomic E-state index is 12.0. The van der Waals surface area contributed by atoms with Crippen LogP contribution in [-0.4, -0.2) is 35.2 Å². The fourth-order valence-corrected chi connectivity index (χ4v) is 2.26. The van der Waals surface area contributed by atoms with Crippen LogP contribution < -0.4 is 15.5 Å². The Morgan fingerprint density at radius 3 is 2.61 bits per heavy atom. The number of carbonyl (C=O) groups is 2. The topological polar surface area (TPSA) is 143 Å². The van der Waals surface area contributed by atoms with Gasteiger partial charge in [0.15, 0.2) is 5.75 Å². The number of nitrogens with zero attached hydrogens (tertiary/aromatic N) is 2. The summed E-state index contributed by atoms with van der Waals surface area (Å²) in [6, 6.07) is 7.62. The molecule has 10 heteroatoms. The molecule has 0 spiro atoms. The minimum Gasteiger partial charge on any atom is -0.500 e. The number of aromatic hydroxyl groups is 1. The lowest BCUT2D eigenvalue weighted by molar-refractivity contribution is -0.386. The van der Waals surface area contributed by atoms with E-state index in [-0.39, 0.29) is 11.3 Å². The van der Waals surface area contributed by atoms with E-state index >= 15 is 0 Å². The van der Waals surface area contributed by atoms with Crippen LogP contribution in [0.1, 0.15) is 16.7 Å². The Bertz CT molecular complexity index is 971. The van der Waals surface area contributed by atoms with E-state index in [4.69, 9.17) is 4.74 Å². The number of anilines is 1. The largest absolute Gasteiger partial charge is 0.500 e. The second-order valence-electron chi connectivity index (χ2n) is 5.75. The molecule has 3 N–H and O–H groups in total. The third kappa shape index (κ3) is 4.61. The molecule has 28 heavy (non-hydrogen) atoms. The normalized spacial score (nSPS) is 10.5. The van der Waals surface area contributed by atoms with Crippen molar-refractivity contribution in [2.45, 2.75) is 13.8 Å². The molecule has 0 heterocycles. The molecule has 0 saturated carbocycles. The molecule has 0 atom stereocenters. The molecule has 0 unspecified atom stereocenters. The molecule has 2 amide bonds. The van der Waals surface area contributed by atoms with E-state index in [1.807, 2.05) is 25.3 Å². The minimum atomic E-state index is -1.02. The Hall–Kier alpha value is -3.95. The van der Waals surface area contributed by atoms with Crippen LogP contribution in [0.2, 0.25) is 0 Å². The van der Waals surface area contributed by atoms with Gasteiger partial charge in [-0.3, -0.25) is 19.7 Å². The standard InChI is InChI=1S/C18H18N4O6/c1-10-5-4-6-13(11(10)2)20-17(24)18(25)21-19-9-12-7-14(22(26)27)16(23)15(8-12)28-3/h4-9,23H,1-3H3,(H,20,24)(H,21,25)/b19-9+. The number of phenols is 1. The molecule has 0 aliphatic heterocycles. The summed E-state index contributed by atoms with van der Waals surface area (Å²) in [5, 5.41) is 26.8. The molecule has 0 aromatic heterocycles. The Morgan fingerprint density at radius 1 is 1.25 bits per heavy atom. The number of nitrogens with one attached hydrogen (secondary N) is 2. The van der Waals surface area contributed by atoms with Gasteiger partial charge in [0.05, 0.1) is 18.2 Å². The highest BCUT2D eigenvalue weighted by atomic mass is 16.6. The molecular weight excluding hydrogens is 368 g/mol. The maximum atomic E-state index is 12.0. The smallest absolute Gasteiger partial charge is 0.329 e. The molecule has 146 valence electrons. The van der Waals surface area contributed by atoms with E-state index in [0.717, 1.165) is 23.4 Å². The zero-order valence-electron chi connectivity index (χ0n) is 15.3. The predicted octanol–water partition coefficient (Wildman–Crippen LogP) is 2.01. The van der Waals surface area contributed by atoms with Gasteiger partial charge in [-0.15, -0.1) is 0 Å². The third-order valence-electron chi connectivity index (χ3n) is 3.93. The number of nitro benzene ring substituents is 1. The van der Waals surface area contributed by atoms with Crippen molar-refractivity contribution in [1.82, 2.24) is 5.43 Å². The third-order valence-corrected chi connectivity index (χ3v) is 3.93. The first-order valence-electron chi connectivity index (χ1n) is 8.00. The molecule has 10 nitrogen and oxygen atoms in total. The number of hydrogen-bond acceptors (Lipinski definition) is 7. The van der Waals surface area contributed by atoms with E-state index < -0.39 is 28.2 Å². The van der Waals surface area contributed by atoms with Crippen LogP contribution in [0.3, 0.4) is 0 Å². The summed E-state index contributed by atoms with van der Waals surface area (Å²) in [7, 11) is 1.24. The summed E-state index contributed by atoms with van der Waals surface area (Å²) in [6.45, 7) is 3.69. The summed E-state index contributed by atoms with van der Waals surface area (Å²) in [5.74, 6) is -2.69. The van der Waals surface area contributed by atoms with Crippen molar-refractivity contribution in [3.63, 3.8) is 0 Å². The van der Waals surface area contributed by atoms with Gasteiger partial charge in [-0.05, 0) is 37.1 Å². The monoisotopic (exact) mass is 386 g/mol. The summed E-state index contributed by atoms with van der Waals surface area (Å²) in [5.41, 5.74) is 3.91. The van der Waals surface area contributed by atoms with Crippen LogP contribution in [0, 0.1) is 24.0 Å². The number of hydrogen-bond donors (Lipinski definition) is 3. The zero-order chi connectivity index (χ0) is 20.8. The van der Waals surface area contributed by atoms with E-state index in [9.17, 15) is 24.8 Å². The Balaban J connectivity index is 2.08. The van der Waals surface area contributed by atoms with Crippen LogP contribution in [0.5, 0.6) is 11.5 Å². The van der Waals surface area contributed by atoms with Crippen molar-refractivity contribution < 1.29 is 24.4 Å². The SMILES string of the molecule is COc1cc(/C=N/NC(=O)C(=O)Nc2cccc(C)c2C)cc([N+](=O)[O-])c1O. The van der Waals surface area contributed by atoms with Gasteiger partial charge in [0.1, 0.15) is 0 Å². The number of methoxy groups -OCH3 is 1. The molecule has 0 saturated heterocycles. The lowest BCUT2D eigenvalue weighted by atomic mass is 10.1. The average molecular weight is 386 g/mol. The van der Waals surface area contributed by atoms with Crippen LogP contribution in [-0.2, 0) is 9.59 Å². The van der Waals surface area contributed by atoms with E-state index in [1.165, 1.54) is 13.2 Å². The number of ether oxygens (including phenoxy) is 1. The van der Waals surface area contributed by atoms with Gasteiger partial charge in [-0.1, -0.05) is 12.1 Å². The number of nitro groups is 1. The first kappa shape index (κ1) is 20.4. The van der Waals surface area contributed by atoms with E-state index in [1.54, 1.807) is 12.1 Å². The van der Waals surface area contributed by atoms with Gasteiger partial charge < -0.3 is 15.2 Å². The Kier molecular flexibility index (Phi) is 6.27. The number of aryl methyl sites for hydroxylation is 1.